The number of hydrogen-bond donors (Lipinski definition) is 0. The van der Waals surface area contributed by atoms with Gasteiger partial charge in [-0.05, 0) is 30.7 Å². The first-order valence-corrected chi connectivity index (χ1v) is 6.34. The van der Waals surface area contributed by atoms with E-state index in [1.54, 1.807) is 12.4 Å². The summed E-state index contributed by atoms with van der Waals surface area (Å²) < 4.78 is 0. The summed E-state index contributed by atoms with van der Waals surface area (Å²) in [6, 6.07) is 7.64. The number of aromatic nitrogens is 3. The van der Waals surface area contributed by atoms with Gasteiger partial charge in [0.25, 0.3) is 0 Å². The SMILES string of the molecule is O=C1CCCN(c2ccc(-c3cccnc3)nn2)C1. The molecule has 5 nitrogen and oxygen atoms in total. The Morgan fingerprint density at radius 1 is 1.16 bits per heavy atom. The topological polar surface area (TPSA) is 59.0 Å². The van der Waals surface area contributed by atoms with Crippen LogP contribution in [0.4, 0.5) is 5.82 Å². The Morgan fingerprint density at radius 2 is 2.11 bits per heavy atom. The van der Waals surface area contributed by atoms with Crippen LogP contribution in [0.5, 0.6) is 0 Å². The lowest BCUT2D eigenvalue weighted by molar-refractivity contribution is -0.118. The molecule has 5 heteroatoms. The van der Waals surface area contributed by atoms with Crippen molar-refractivity contribution in [1.82, 2.24) is 15.2 Å². The van der Waals surface area contributed by atoms with Crippen LogP contribution in [0, 0.1) is 0 Å². The van der Waals surface area contributed by atoms with Gasteiger partial charge in [0.15, 0.2) is 11.6 Å². The summed E-state index contributed by atoms with van der Waals surface area (Å²) in [5.41, 5.74) is 1.73. The van der Waals surface area contributed by atoms with E-state index in [9.17, 15) is 4.79 Å². The molecule has 3 rings (SSSR count). The molecule has 0 aliphatic carbocycles. The lowest BCUT2D eigenvalue weighted by atomic mass is 10.1. The van der Waals surface area contributed by atoms with Crippen molar-refractivity contribution in [2.75, 3.05) is 18.0 Å². The highest BCUT2D eigenvalue weighted by molar-refractivity contribution is 5.84. The number of nitrogens with zero attached hydrogens (tertiary/aromatic N) is 4. The largest absolute Gasteiger partial charge is 0.348 e. The quantitative estimate of drug-likeness (QED) is 0.816. The van der Waals surface area contributed by atoms with Gasteiger partial charge in [-0.2, -0.15) is 0 Å². The number of carbonyl (C=O) groups is 1. The average molecular weight is 254 g/mol. The Labute approximate surface area is 111 Å². The summed E-state index contributed by atoms with van der Waals surface area (Å²) in [6.45, 7) is 1.31. The van der Waals surface area contributed by atoms with Crippen LogP contribution in [-0.4, -0.2) is 34.1 Å². The predicted molar refractivity (Wildman–Crippen MR) is 71.7 cm³/mol. The van der Waals surface area contributed by atoms with Crippen molar-refractivity contribution in [3.8, 4) is 11.3 Å². The van der Waals surface area contributed by atoms with Gasteiger partial charge in [-0.15, -0.1) is 10.2 Å². The van der Waals surface area contributed by atoms with E-state index in [1.165, 1.54) is 0 Å². The number of anilines is 1. The van der Waals surface area contributed by atoms with E-state index in [1.807, 2.05) is 29.2 Å². The summed E-state index contributed by atoms with van der Waals surface area (Å²) in [6.07, 6.45) is 5.06. The van der Waals surface area contributed by atoms with Crippen LogP contribution in [0.1, 0.15) is 12.8 Å². The Kier molecular flexibility index (Phi) is 3.18. The molecular weight excluding hydrogens is 240 g/mol. The van der Waals surface area contributed by atoms with E-state index >= 15 is 0 Å². The van der Waals surface area contributed by atoms with Crippen LogP contribution in [0.25, 0.3) is 11.3 Å². The van der Waals surface area contributed by atoms with Crippen molar-refractivity contribution in [3.63, 3.8) is 0 Å². The highest BCUT2D eigenvalue weighted by Gasteiger charge is 2.18. The number of carbonyl (C=O) groups excluding carboxylic acids is 1. The molecule has 2 aromatic heterocycles. The molecule has 3 heterocycles. The third-order valence-corrected chi connectivity index (χ3v) is 3.18. The molecule has 0 spiro atoms. The Bertz CT molecular complexity index is 568. The molecule has 1 aliphatic heterocycles. The smallest absolute Gasteiger partial charge is 0.152 e. The number of pyridine rings is 1. The molecule has 1 fully saturated rings. The Hall–Kier alpha value is -2.30. The zero-order chi connectivity index (χ0) is 13.1. The normalized spacial score (nSPS) is 15.6. The molecule has 1 saturated heterocycles. The van der Waals surface area contributed by atoms with Gasteiger partial charge in [0, 0.05) is 30.9 Å². The first-order chi connectivity index (χ1) is 9.33. The highest BCUT2D eigenvalue weighted by Crippen LogP contribution is 2.19. The van der Waals surface area contributed by atoms with Crippen LogP contribution in [0.15, 0.2) is 36.7 Å². The standard InChI is InChI=1S/C14H14N4O/c19-12-4-2-8-18(10-12)14-6-5-13(16-17-14)11-3-1-7-15-9-11/h1,3,5-7,9H,2,4,8,10H2. The van der Waals surface area contributed by atoms with Crippen molar-refractivity contribution in [1.29, 1.82) is 0 Å². The van der Waals surface area contributed by atoms with Gasteiger partial charge < -0.3 is 4.90 Å². The van der Waals surface area contributed by atoms with Gasteiger partial charge >= 0.3 is 0 Å². The van der Waals surface area contributed by atoms with Crippen molar-refractivity contribution < 1.29 is 4.79 Å². The van der Waals surface area contributed by atoms with Gasteiger partial charge in [-0.1, -0.05) is 0 Å². The third kappa shape index (κ3) is 2.59. The summed E-state index contributed by atoms with van der Waals surface area (Å²) in [7, 11) is 0. The van der Waals surface area contributed by atoms with Crippen molar-refractivity contribution >= 4 is 11.6 Å². The number of hydrogen-bond acceptors (Lipinski definition) is 5. The lowest BCUT2D eigenvalue weighted by Crippen LogP contribution is -2.36. The van der Waals surface area contributed by atoms with Crippen LogP contribution in [-0.2, 0) is 4.79 Å². The minimum Gasteiger partial charge on any atom is -0.348 e. The van der Waals surface area contributed by atoms with E-state index in [2.05, 4.69) is 15.2 Å². The molecule has 19 heavy (non-hydrogen) atoms. The maximum Gasteiger partial charge on any atom is 0.152 e. The second-order valence-electron chi connectivity index (χ2n) is 4.58. The molecule has 1 aliphatic rings. The molecule has 0 atom stereocenters. The van der Waals surface area contributed by atoms with Gasteiger partial charge in [-0.3, -0.25) is 9.78 Å². The van der Waals surface area contributed by atoms with Gasteiger partial charge in [0.1, 0.15) is 0 Å². The van der Waals surface area contributed by atoms with Crippen LogP contribution < -0.4 is 4.90 Å². The minimum atomic E-state index is 0.268. The average Bonchev–Trinajstić information content (AvgIpc) is 2.48. The van der Waals surface area contributed by atoms with Gasteiger partial charge in [-0.25, -0.2) is 0 Å². The van der Waals surface area contributed by atoms with E-state index in [0.29, 0.717) is 13.0 Å². The number of rotatable bonds is 2. The van der Waals surface area contributed by atoms with Crippen LogP contribution in [0.2, 0.25) is 0 Å². The van der Waals surface area contributed by atoms with E-state index in [-0.39, 0.29) is 5.78 Å². The van der Waals surface area contributed by atoms with Crippen molar-refractivity contribution in [2.45, 2.75) is 12.8 Å². The molecule has 0 bridgehead atoms. The Balaban J connectivity index is 1.81. The van der Waals surface area contributed by atoms with Crippen LogP contribution in [0.3, 0.4) is 0 Å². The fourth-order valence-electron chi connectivity index (χ4n) is 2.20. The van der Waals surface area contributed by atoms with Crippen molar-refractivity contribution in [2.24, 2.45) is 0 Å². The maximum absolute atomic E-state index is 11.4. The second-order valence-corrected chi connectivity index (χ2v) is 4.58. The molecule has 2 aromatic rings. The van der Waals surface area contributed by atoms with E-state index in [0.717, 1.165) is 30.0 Å². The molecular formula is C14H14N4O. The molecule has 0 radical (unpaired) electrons. The first kappa shape index (κ1) is 11.8. The maximum atomic E-state index is 11.4. The zero-order valence-corrected chi connectivity index (χ0v) is 10.5. The molecule has 0 saturated carbocycles. The summed E-state index contributed by atoms with van der Waals surface area (Å²) in [4.78, 5) is 17.5. The monoisotopic (exact) mass is 254 g/mol. The molecule has 0 unspecified atom stereocenters. The number of ketones is 1. The van der Waals surface area contributed by atoms with Crippen LogP contribution >= 0.6 is 0 Å². The predicted octanol–water partition coefficient (Wildman–Crippen LogP) is 1.71. The molecule has 0 amide bonds. The molecule has 0 N–H and O–H groups in total. The van der Waals surface area contributed by atoms with E-state index in [4.69, 9.17) is 0 Å². The first-order valence-electron chi connectivity index (χ1n) is 6.34. The number of piperidine rings is 1. The molecule has 0 aromatic carbocycles. The second kappa shape index (κ2) is 5.14. The van der Waals surface area contributed by atoms with Gasteiger partial charge in [0.05, 0.1) is 12.2 Å². The fraction of sp³-hybridized carbons (Fsp3) is 0.286. The minimum absolute atomic E-state index is 0.268. The van der Waals surface area contributed by atoms with Crippen molar-refractivity contribution in [3.05, 3.63) is 36.7 Å². The zero-order valence-electron chi connectivity index (χ0n) is 10.5. The number of Topliss-reactive ketones (excluding diaryl/α,β-unsaturated/α-hetero) is 1. The van der Waals surface area contributed by atoms with E-state index < -0.39 is 0 Å². The molecule has 96 valence electrons. The summed E-state index contributed by atoms with van der Waals surface area (Å²) >= 11 is 0. The highest BCUT2D eigenvalue weighted by atomic mass is 16.1. The summed E-state index contributed by atoms with van der Waals surface area (Å²) in [5.74, 6) is 1.03. The third-order valence-electron chi connectivity index (χ3n) is 3.18. The summed E-state index contributed by atoms with van der Waals surface area (Å²) in [5, 5.41) is 8.42. The fourth-order valence-corrected chi connectivity index (χ4v) is 2.20. The lowest BCUT2D eigenvalue weighted by Gasteiger charge is -2.26. The Morgan fingerprint density at radius 3 is 2.79 bits per heavy atom. The van der Waals surface area contributed by atoms with Gasteiger partial charge in [0.2, 0.25) is 0 Å².